The van der Waals surface area contributed by atoms with Crippen LogP contribution in [0.15, 0.2) is 54.6 Å². The van der Waals surface area contributed by atoms with Gasteiger partial charge in [0, 0.05) is 0 Å². The fourth-order valence-electron chi connectivity index (χ4n) is 2.73. The van der Waals surface area contributed by atoms with Gasteiger partial charge in [-0.25, -0.2) is 0 Å². The number of halogens is 4. The second kappa shape index (κ2) is 6.35. The van der Waals surface area contributed by atoms with E-state index in [1.807, 2.05) is 36.4 Å². The lowest BCUT2D eigenvalue weighted by Crippen LogP contribution is -2.38. The van der Waals surface area contributed by atoms with Crippen LogP contribution < -0.4 is 5.73 Å². The Hall–Kier alpha value is -1.82. The molecule has 0 aliphatic carbocycles. The molecule has 122 valence electrons. The van der Waals surface area contributed by atoms with Crippen LogP contribution in [0.25, 0.3) is 21.5 Å². The topological polar surface area (TPSA) is 46.2 Å². The van der Waals surface area contributed by atoms with E-state index < -0.39 is 18.3 Å². The summed E-state index contributed by atoms with van der Waals surface area (Å²) < 4.78 is 38.3. The van der Waals surface area contributed by atoms with Crippen LogP contribution in [0.3, 0.4) is 0 Å². The molecule has 0 amide bonds. The van der Waals surface area contributed by atoms with Crippen LogP contribution in [0.5, 0.6) is 0 Å². The van der Waals surface area contributed by atoms with Gasteiger partial charge in [0.25, 0.3) is 0 Å². The zero-order valence-corrected chi connectivity index (χ0v) is 12.7. The van der Waals surface area contributed by atoms with Crippen molar-refractivity contribution in [2.24, 2.45) is 5.73 Å². The number of aliphatic hydroxyl groups excluding tert-OH is 1. The molecule has 0 saturated heterocycles. The first kappa shape index (κ1) is 17.5. The Balaban J connectivity index is 0.00000192. The molecule has 3 N–H and O–H groups in total. The molecule has 3 rings (SSSR count). The Morgan fingerprint density at radius 1 is 0.870 bits per heavy atom. The minimum Gasteiger partial charge on any atom is -0.382 e. The first-order valence-corrected chi connectivity index (χ1v) is 6.80. The number of benzene rings is 3. The first-order chi connectivity index (χ1) is 10.4. The van der Waals surface area contributed by atoms with Crippen LogP contribution in [0.1, 0.15) is 11.6 Å². The van der Waals surface area contributed by atoms with Gasteiger partial charge in [0.05, 0.1) is 6.04 Å². The van der Waals surface area contributed by atoms with Crippen LogP contribution in [0.4, 0.5) is 13.2 Å². The minimum absolute atomic E-state index is 0. The standard InChI is InChI=1S/C17H14F3NO.ClH/c18-17(19,20)16(22)15(21)14-9-10-5-1-2-6-11(10)12-7-3-4-8-13(12)14;/h1-9,15-16,22H,21H2;1H/t15-,16-;/m1./s1. The Bertz CT molecular complexity index is 835. The van der Waals surface area contributed by atoms with Gasteiger partial charge in [0.1, 0.15) is 0 Å². The van der Waals surface area contributed by atoms with Crippen molar-refractivity contribution in [2.75, 3.05) is 0 Å². The molecule has 0 spiro atoms. The summed E-state index contributed by atoms with van der Waals surface area (Å²) in [6.45, 7) is 0. The molecule has 0 aromatic heterocycles. The molecule has 0 saturated carbocycles. The van der Waals surface area contributed by atoms with Gasteiger partial charge in [-0.3, -0.25) is 0 Å². The zero-order valence-electron chi connectivity index (χ0n) is 11.9. The van der Waals surface area contributed by atoms with E-state index in [0.29, 0.717) is 10.9 Å². The van der Waals surface area contributed by atoms with Gasteiger partial charge in [0.15, 0.2) is 6.10 Å². The van der Waals surface area contributed by atoms with Crippen molar-refractivity contribution in [1.29, 1.82) is 0 Å². The Morgan fingerprint density at radius 2 is 1.39 bits per heavy atom. The summed E-state index contributed by atoms with van der Waals surface area (Å²) in [5.41, 5.74) is 6.00. The summed E-state index contributed by atoms with van der Waals surface area (Å²) in [6.07, 6.45) is -7.36. The normalized spacial score (nSPS) is 14.5. The number of hydrogen-bond donors (Lipinski definition) is 2. The third-order valence-corrected chi connectivity index (χ3v) is 3.83. The van der Waals surface area contributed by atoms with Gasteiger partial charge in [0.2, 0.25) is 0 Å². The number of hydrogen-bond acceptors (Lipinski definition) is 2. The van der Waals surface area contributed by atoms with E-state index in [4.69, 9.17) is 5.73 Å². The van der Waals surface area contributed by atoms with Crippen LogP contribution in [0.2, 0.25) is 0 Å². The third kappa shape index (κ3) is 3.13. The van der Waals surface area contributed by atoms with E-state index in [9.17, 15) is 18.3 Å². The molecule has 0 aliphatic rings. The van der Waals surface area contributed by atoms with Crippen LogP contribution in [-0.4, -0.2) is 17.4 Å². The summed E-state index contributed by atoms with van der Waals surface area (Å²) in [6, 6.07) is 14.6. The highest BCUT2D eigenvalue weighted by atomic mass is 35.5. The van der Waals surface area contributed by atoms with Gasteiger partial charge in [-0.05, 0) is 33.2 Å². The van der Waals surface area contributed by atoms with E-state index in [1.165, 1.54) is 0 Å². The second-order valence-corrected chi connectivity index (χ2v) is 5.24. The monoisotopic (exact) mass is 341 g/mol. The van der Waals surface area contributed by atoms with Crippen LogP contribution >= 0.6 is 12.4 Å². The maximum atomic E-state index is 12.8. The fraction of sp³-hybridized carbons (Fsp3) is 0.176. The number of rotatable bonds is 2. The molecule has 3 aromatic carbocycles. The smallest absolute Gasteiger partial charge is 0.382 e. The van der Waals surface area contributed by atoms with Gasteiger partial charge >= 0.3 is 6.18 Å². The number of nitrogens with two attached hydrogens (primary N) is 1. The molecule has 0 aliphatic heterocycles. The van der Waals surface area contributed by atoms with E-state index in [-0.39, 0.29) is 12.4 Å². The van der Waals surface area contributed by atoms with E-state index >= 15 is 0 Å². The van der Waals surface area contributed by atoms with Gasteiger partial charge in [-0.15, -0.1) is 12.4 Å². The lowest BCUT2D eigenvalue weighted by atomic mass is 9.91. The summed E-state index contributed by atoms with van der Waals surface area (Å²) >= 11 is 0. The van der Waals surface area contributed by atoms with Crippen molar-refractivity contribution < 1.29 is 18.3 Å². The van der Waals surface area contributed by atoms with Crippen molar-refractivity contribution in [1.82, 2.24) is 0 Å². The lowest BCUT2D eigenvalue weighted by Gasteiger charge is -2.23. The maximum absolute atomic E-state index is 12.8. The zero-order chi connectivity index (χ0) is 15.9. The molecular formula is C17H15ClF3NO. The summed E-state index contributed by atoms with van der Waals surface area (Å²) in [5.74, 6) is 0. The molecule has 0 fully saturated rings. The second-order valence-electron chi connectivity index (χ2n) is 5.24. The number of aliphatic hydroxyl groups is 1. The number of fused-ring (bicyclic) bond motifs is 3. The first-order valence-electron chi connectivity index (χ1n) is 6.80. The molecule has 0 heterocycles. The molecule has 0 bridgehead atoms. The van der Waals surface area contributed by atoms with E-state index in [1.54, 1.807) is 18.2 Å². The highest BCUT2D eigenvalue weighted by Crippen LogP contribution is 2.35. The number of alkyl halides is 3. The van der Waals surface area contributed by atoms with Gasteiger partial charge in [-0.2, -0.15) is 13.2 Å². The van der Waals surface area contributed by atoms with Gasteiger partial charge in [-0.1, -0.05) is 48.5 Å². The Labute approximate surface area is 137 Å². The predicted molar refractivity (Wildman–Crippen MR) is 87.7 cm³/mol. The van der Waals surface area contributed by atoms with Crippen molar-refractivity contribution in [3.63, 3.8) is 0 Å². The molecule has 23 heavy (non-hydrogen) atoms. The molecular weight excluding hydrogens is 327 g/mol. The average molecular weight is 342 g/mol. The highest BCUT2D eigenvalue weighted by Gasteiger charge is 2.43. The quantitative estimate of drug-likeness (QED) is 0.681. The minimum atomic E-state index is -4.76. The molecule has 2 nitrogen and oxygen atoms in total. The van der Waals surface area contributed by atoms with Crippen molar-refractivity contribution in [2.45, 2.75) is 18.3 Å². The molecule has 6 heteroatoms. The Morgan fingerprint density at radius 3 is 2.00 bits per heavy atom. The van der Waals surface area contributed by atoms with E-state index in [2.05, 4.69) is 0 Å². The molecule has 0 unspecified atom stereocenters. The van der Waals surface area contributed by atoms with Crippen molar-refractivity contribution in [3.05, 3.63) is 60.2 Å². The van der Waals surface area contributed by atoms with E-state index in [0.717, 1.165) is 16.2 Å². The summed E-state index contributed by atoms with van der Waals surface area (Å²) in [4.78, 5) is 0. The fourth-order valence-corrected chi connectivity index (χ4v) is 2.73. The van der Waals surface area contributed by atoms with Crippen molar-refractivity contribution >= 4 is 34.0 Å². The summed E-state index contributed by atoms with van der Waals surface area (Å²) in [5, 5.41) is 12.7. The lowest BCUT2D eigenvalue weighted by molar-refractivity contribution is -0.210. The van der Waals surface area contributed by atoms with Crippen LogP contribution in [0, 0.1) is 0 Å². The van der Waals surface area contributed by atoms with Crippen molar-refractivity contribution in [3.8, 4) is 0 Å². The third-order valence-electron chi connectivity index (χ3n) is 3.83. The SMILES string of the molecule is Cl.N[C@H](c1cc2ccccc2c2ccccc12)[C@@H](O)C(F)(F)F. The average Bonchev–Trinajstić information content (AvgIpc) is 2.52. The summed E-state index contributed by atoms with van der Waals surface area (Å²) in [7, 11) is 0. The molecule has 3 aromatic rings. The molecule has 0 radical (unpaired) electrons. The van der Waals surface area contributed by atoms with Crippen LogP contribution in [-0.2, 0) is 0 Å². The molecule has 2 atom stereocenters. The predicted octanol–water partition coefficient (Wildman–Crippen LogP) is 4.34. The van der Waals surface area contributed by atoms with Gasteiger partial charge < -0.3 is 10.8 Å². The Kier molecular flexibility index (Phi) is 4.84. The maximum Gasteiger partial charge on any atom is 0.416 e. The highest BCUT2D eigenvalue weighted by molar-refractivity contribution is 6.09. The largest absolute Gasteiger partial charge is 0.416 e.